The molecule has 0 aliphatic rings. The van der Waals surface area contributed by atoms with Crippen molar-refractivity contribution < 1.29 is 4.74 Å². The molecule has 0 radical (unpaired) electrons. The molecule has 2 rings (SSSR count). The number of halogens is 2. The number of likely N-dealkylation sites (N-methyl/N-ethyl adjacent to an activating group) is 1. The van der Waals surface area contributed by atoms with Gasteiger partial charge in [0.25, 0.3) is 0 Å². The largest absolute Gasteiger partial charge is 0.497 e. The van der Waals surface area contributed by atoms with Crippen molar-refractivity contribution in [3.63, 3.8) is 0 Å². The first-order valence-electron chi connectivity index (χ1n) is 6.39. The van der Waals surface area contributed by atoms with E-state index in [1.54, 1.807) is 7.11 Å². The normalized spacial score (nSPS) is 12.2. The van der Waals surface area contributed by atoms with E-state index in [4.69, 9.17) is 16.3 Å². The molecule has 20 heavy (non-hydrogen) atoms. The molecule has 0 amide bonds. The molecule has 4 heteroatoms. The summed E-state index contributed by atoms with van der Waals surface area (Å²) in [5, 5.41) is 4.12. The fourth-order valence-electron chi connectivity index (χ4n) is 2.13. The van der Waals surface area contributed by atoms with E-state index in [0.29, 0.717) is 0 Å². The molecule has 106 valence electrons. The van der Waals surface area contributed by atoms with Crippen LogP contribution in [0.2, 0.25) is 5.02 Å². The van der Waals surface area contributed by atoms with Crippen LogP contribution in [-0.4, -0.2) is 14.2 Å². The van der Waals surface area contributed by atoms with Crippen LogP contribution in [0.3, 0.4) is 0 Å². The summed E-state index contributed by atoms with van der Waals surface area (Å²) in [6, 6.07) is 14.3. The molecule has 0 aromatic heterocycles. The lowest BCUT2D eigenvalue weighted by Gasteiger charge is -2.18. The molecule has 0 saturated heterocycles. The van der Waals surface area contributed by atoms with Crippen LogP contribution >= 0.6 is 27.5 Å². The van der Waals surface area contributed by atoms with E-state index in [-0.39, 0.29) is 6.04 Å². The first kappa shape index (κ1) is 15.4. The van der Waals surface area contributed by atoms with Crippen molar-refractivity contribution >= 4 is 27.5 Å². The maximum atomic E-state index is 6.29. The molecule has 1 atom stereocenters. The van der Waals surface area contributed by atoms with Crippen molar-refractivity contribution in [3.8, 4) is 5.75 Å². The minimum atomic E-state index is 0.222. The van der Waals surface area contributed by atoms with Gasteiger partial charge in [0.05, 0.1) is 7.11 Å². The highest BCUT2D eigenvalue weighted by Gasteiger charge is 2.12. The lowest BCUT2D eigenvalue weighted by molar-refractivity contribution is 0.414. The van der Waals surface area contributed by atoms with Crippen LogP contribution in [-0.2, 0) is 6.42 Å². The second-order valence-corrected chi connectivity index (χ2v) is 5.88. The Morgan fingerprint density at radius 3 is 2.45 bits per heavy atom. The number of hydrogen-bond acceptors (Lipinski definition) is 2. The Morgan fingerprint density at radius 1 is 1.20 bits per heavy atom. The number of rotatable bonds is 5. The van der Waals surface area contributed by atoms with E-state index in [9.17, 15) is 0 Å². The second kappa shape index (κ2) is 7.11. The van der Waals surface area contributed by atoms with Crippen LogP contribution < -0.4 is 10.1 Å². The Bertz CT molecular complexity index is 571. The van der Waals surface area contributed by atoms with Gasteiger partial charge in [-0.15, -0.1) is 0 Å². The molecule has 2 aromatic rings. The van der Waals surface area contributed by atoms with Gasteiger partial charge in [0.2, 0.25) is 0 Å². The summed E-state index contributed by atoms with van der Waals surface area (Å²) < 4.78 is 6.18. The second-order valence-electron chi connectivity index (χ2n) is 4.55. The third-order valence-corrected chi connectivity index (χ3v) is 4.15. The standard InChI is InChI=1S/C16H17BrClNO/c1-19-16(11-4-7-14(20-2)8-5-11)9-12-3-6-13(17)10-15(12)18/h3-8,10,16,19H,9H2,1-2H3. The van der Waals surface area contributed by atoms with Gasteiger partial charge in [-0.05, 0) is 48.9 Å². The van der Waals surface area contributed by atoms with Crippen LogP contribution in [0, 0.1) is 0 Å². The van der Waals surface area contributed by atoms with Crippen molar-refractivity contribution in [2.24, 2.45) is 0 Å². The molecular weight excluding hydrogens is 338 g/mol. The maximum Gasteiger partial charge on any atom is 0.118 e. The first-order valence-corrected chi connectivity index (χ1v) is 7.56. The number of hydrogen-bond donors (Lipinski definition) is 1. The maximum absolute atomic E-state index is 6.29. The van der Waals surface area contributed by atoms with Crippen molar-refractivity contribution in [2.45, 2.75) is 12.5 Å². The Labute approximate surface area is 133 Å². The van der Waals surface area contributed by atoms with Gasteiger partial charge in [0.1, 0.15) is 5.75 Å². The van der Waals surface area contributed by atoms with E-state index in [0.717, 1.165) is 27.2 Å². The van der Waals surface area contributed by atoms with Gasteiger partial charge in [0, 0.05) is 15.5 Å². The summed E-state index contributed by atoms with van der Waals surface area (Å²) in [5.74, 6) is 0.866. The molecule has 0 bridgehead atoms. The smallest absolute Gasteiger partial charge is 0.118 e. The number of ether oxygens (including phenoxy) is 1. The van der Waals surface area contributed by atoms with Crippen LogP contribution in [0.5, 0.6) is 5.75 Å². The molecule has 1 N–H and O–H groups in total. The highest BCUT2D eigenvalue weighted by molar-refractivity contribution is 9.10. The number of methoxy groups -OCH3 is 1. The Balaban J connectivity index is 2.19. The number of nitrogens with one attached hydrogen (secondary N) is 1. The predicted molar refractivity (Wildman–Crippen MR) is 87.7 cm³/mol. The fraction of sp³-hybridized carbons (Fsp3) is 0.250. The van der Waals surface area contributed by atoms with Crippen molar-refractivity contribution in [2.75, 3.05) is 14.2 Å². The Morgan fingerprint density at radius 2 is 1.90 bits per heavy atom. The van der Waals surface area contributed by atoms with Crippen LogP contribution in [0.25, 0.3) is 0 Å². The molecule has 0 heterocycles. The van der Waals surface area contributed by atoms with E-state index in [1.807, 2.05) is 31.3 Å². The predicted octanol–water partition coefficient (Wildman–Crippen LogP) is 4.61. The van der Waals surface area contributed by atoms with Gasteiger partial charge >= 0.3 is 0 Å². The lowest BCUT2D eigenvalue weighted by Crippen LogP contribution is -2.18. The Hall–Kier alpha value is -1.03. The third-order valence-electron chi connectivity index (χ3n) is 3.31. The van der Waals surface area contributed by atoms with E-state index in [1.165, 1.54) is 5.56 Å². The van der Waals surface area contributed by atoms with Gasteiger partial charge in [-0.3, -0.25) is 0 Å². The molecule has 0 aliphatic heterocycles. The number of benzene rings is 2. The van der Waals surface area contributed by atoms with Crippen LogP contribution in [0.1, 0.15) is 17.2 Å². The fourth-order valence-corrected chi connectivity index (χ4v) is 2.88. The van der Waals surface area contributed by atoms with Gasteiger partial charge < -0.3 is 10.1 Å². The third kappa shape index (κ3) is 3.75. The zero-order chi connectivity index (χ0) is 14.5. The molecule has 2 nitrogen and oxygen atoms in total. The monoisotopic (exact) mass is 353 g/mol. The highest BCUT2D eigenvalue weighted by Crippen LogP contribution is 2.27. The Kier molecular flexibility index (Phi) is 5.46. The molecule has 0 spiro atoms. The lowest BCUT2D eigenvalue weighted by atomic mass is 9.99. The molecule has 1 unspecified atom stereocenters. The van der Waals surface area contributed by atoms with Crippen LogP contribution in [0.4, 0.5) is 0 Å². The molecule has 0 aliphatic carbocycles. The average Bonchev–Trinajstić information content (AvgIpc) is 2.47. The average molecular weight is 355 g/mol. The summed E-state index contributed by atoms with van der Waals surface area (Å²) in [4.78, 5) is 0. The van der Waals surface area contributed by atoms with E-state index in [2.05, 4.69) is 39.4 Å². The van der Waals surface area contributed by atoms with Crippen molar-refractivity contribution in [1.82, 2.24) is 5.32 Å². The highest BCUT2D eigenvalue weighted by atomic mass is 79.9. The zero-order valence-electron chi connectivity index (χ0n) is 11.5. The first-order chi connectivity index (χ1) is 9.63. The van der Waals surface area contributed by atoms with Crippen molar-refractivity contribution in [1.29, 1.82) is 0 Å². The summed E-state index contributed by atoms with van der Waals surface area (Å²) in [6.07, 6.45) is 0.842. The van der Waals surface area contributed by atoms with E-state index < -0.39 is 0 Å². The summed E-state index contributed by atoms with van der Waals surface area (Å²) in [6.45, 7) is 0. The topological polar surface area (TPSA) is 21.3 Å². The molecule has 0 fully saturated rings. The minimum absolute atomic E-state index is 0.222. The summed E-state index contributed by atoms with van der Waals surface area (Å²) in [7, 11) is 3.63. The summed E-state index contributed by atoms with van der Waals surface area (Å²) >= 11 is 9.71. The summed E-state index contributed by atoms with van der Waals surface area (Å²) in [5.41, 5.74) is 2.34. The zero-order valence-corrected chi connectivity index (χ0v) is 13.8. The van der Waals surface area contributed by atoms with Crippen LogP contribution in [0.15, 0.2) is 46.9 Å². The van der Waals surface area contributed by atoms with Gasteiger partial charge in [-0.1, -0.05) is 45.7 Å². The van der Waals surface area contributed by atoms with Gasteiger partial charge in [-0.2, -0.15) is 0 Å². The van der Waals surface area contributed by atoms with Gasteiger partial charge in [0.15, 0.2) is 0 Å². The van der Waals surface area contributed by atoms with Gasteiger partial charge in [-0.25, -0.2) is 0 Å². The molecule has 0 saturated carbocycles. The van der Waals surface area contributed by atoms with Crippen molar-refractivity contribution in [3.05, 3.63) is 63.1 Å². The molecular formula is C16H17BrClNO. The quantitative estimate of drug-likeness (QED) is 0.846. The minimum Gasteiger partial charge on any atom is -0.497 e. The SMILES string of the molecule is CNC(Cc1ccc(Br)cc1Cl)c1ccc(OC)cc1. The van der Waals surface area contributed by atoms with E-state index >= 15 is 0 Å². The molecule has 2 aromatic carbocycles.